The van der Waals surface area contributed by atoms with Gasteiger partial charge in [-0.1, -0.05) is 26.3 Å². The molecule has 0 fully saturated rings. The summed E-state index contributed by atoms with van der Waals surface area (Å²) in [4.78, 5) is 22.9. The van der Waals surface area contributed by atoms with Crippen LogP contribution in [0.25, 0.3) is 0 Å². The van der Waals surface area contributed by atoms with Gasteiger partial charge in [-0.15, -0.1) is 0 Å². The molecule has 0 aliphatic rings. The summed E-state index contributed by atoms with van der Waals surface area (Å²) in [7, 11) is -3.62. The van der Waals surface area contributed by atoms with Gasteiger partial charge in [0.25, 0.3) is 5.91 Å². The van der Waals surface area contributed by atoms with Crippen LogP contribution < -0.4 is 5.32 Å². The third kappa shape index (κ3) is 6.10. The van der Waals surface area contributed by atoms with E-state index in [2.05, 4.69) is 5.32 Å². The lowest BCUT2D eigenvalue weighted by atomic mass is 10.1. The number of carbonyl (C=O) groups excluding carboxylic acids is 1. The van der Waals surface area contributed by atoms with E-state index < -0.39 is 16.0 Å². The topological polar surface area (TPSA) is 104 Å². The van der Waals surface area contributed by atoms with Crippen molar-refractivity contribution in [1.29, 1.82) is 0 Å². The van der Waals surface area contributed by atoms with Gasteiger partial charge in [0.2, 0.25) is 10.0 Å². The minimum atomic E-state index is -3.62. The van der Waals surface area contributed by atoms with E-state index in [4.69, 9.17) is 5.11 Å². The maximum absolute atomic E-state index is 12.6. The van der Waals surface area contributed by atoms with E-state index in [1.165, 1.54) is 16.4 Å². The van der Waals surface area contributed by atoms with Gasteiger partial charge in [-0.2, -0.15) is 4.31 Å². The number of carbonyl (C=O) groups is 2. The second-order valence-corrected chi connectivity index (χ2v) is 7.96. The summed E-state index contributed by atoms with van der Waals surface area (Å²) in [6.07, 6.45) is 2.08. The lowest BCUT2D eigenvalue weighted by molar-refractivity contribution is -0.137. The maximum Gasteiger partial charge on any atom is 0.303 e. The molecule has 1 aromatic rings. The summed E-state index contributed by atoms with van der Waals surface area (Å²) in [6.45, 7) is 6.45. The Morgan fingerprint density at radius 3 is 2.35 bits per heavy atom. The minimum absolute atomic E-state index is 0.110. The Hall–Kier alpha value is -1.93. The van der Waals surface area contributed by atoms with Gasteiger partial charge >= 0.3 is 5.97 Å². The highest BCUT2D eigenvalue weighted by Crippen LogP contribution is 2.19. The van der Waals surface area contributed by atoms with Gasteiger partial charge in [-0.05, 0) is 37.5 Å². The number of amides is 1. The zero-order valence-electron chi connectivity index (χ0n) is 15.6. The van der Waals surface area contributed by atoms with Crippen LogP contribution in [0.1, 0.15) is 55.5 Å². The van der Waals surface area contributed by atoms with Crippen LogP contribution in [0.4, 0.5) is 0 Å². The number of aliphatic carboxylic acids is 1. The molecule has 0 saturated carbocycles. The van der Waals surface area contributed by atoms with Crippen LogP contribution in [-0.2, 0) is 14.8 Å². The molecule has 0 atom stereocenters. The fourth-order valence-electron chi connectivity index (χ4n) is 2.59. The molecule has 1 amide bonds. The maximum atomic E-state index is 12.6. The summed E-state index contributed by atoms with van der Waals surface area (Å²) >= 11 is 0. The first-order chi connectivity index (χ1) is 12.2. The van der Waals surface area contributed by atoms with Crippen LogP contribution in [0.3, 0.4) is 0 Å². The van der Waals surface area contributed by atoms with Crippen LogP contribution >= 0.6 is 0 Å². The normalized spacial score (nSPS) is 11.5. The van der Waals surface area contributed by atoms with E-state index in [9.17, 15) is 18.0 Å². The number of carboxylic acids is 1. The molecular formula is C18H28N2O5S. The molecule has 8 heteroatoms. The summed E-state index contributed by atoms with van der Waals surface area (Å²) in [5.41, 5.74) is 1.04. The molecule has 2 N–H and O–H groups in total. The number of benzene rings is 1. The van der Waals surface area contributed by atoms with Gasteiger partial charge in [0.1, 0.15) is 0 Å². The number of hydrogen-bond donors (Lipinski definition) is 2. The monoisotopic (exact) mass is 384 g/mol. The van der Waals surface area contributed by atoms with E-state index >= 15 is 0 Å². The van der Waals surface area contributed by atoms with Crippen molar-refractivity contribution in [3.05, 3.63) is 29.3 Å². The predicted octanol–water partition coefficient (Wildman–Crippen LogP) is 2.40. The lowest BCUT2D eigenvalue weighted by Gasteiger charge is -2.19. The molecule has 0 spiro atoms. The number of nitrogens with zero attached hydrogens (tertiary/aromatic N) is 1. The van der Waals surface area contributed by atoms with Crippen LogP contribution in [0.5, 0.6) is 0 Å². The van der Waals surface area contributed by atoms with Crippen LogP contribution in [0.2, 0.25) is 0 Å². The molecule has 0 aromatic heterocycles. The largest absolute Gasteiger partial charge is 0.481 e. The average molecular weight is 384 g/mol. The molecule has 7 nitrogen and oxygen atoms in total. The van der Waals surface area contributed by atoms with Crippen molar-refractivity contribution in [1.82, 2.24) is 9.62 Å². The van der Waals surface area contributed by atoms with E-state index in [1.807, 2.05) is 0 Å². The first-order valence-corrected chi connectivity index (χ1v) is 10.3. The number of sulfonamides is 1. The van der Waals surface area contributed by atoms with Crippen molar-refractivity contribution in [2.45, 2.75) is 51.3 Å². The van der Waals surface area contributed by atoms with Crippen LogP contribution in [0, 0.1) is 6.92 Å². The van der Waals surface area contributed by atoms with Crippen molar-refractivity contribution in [2.24, 2.45) is 0 Å². The van der Waals surface area contributed by atoms with Gasteiger partial charge in [0.05, 0.1) is 4.90 Å². The van der Waals surface area contributed by atoms with E-state index in [0.717, 1.165) is 0 Å². The second-order valence-electron chi connectivity index (χ2n) is 6.03. The number of nitrogens with one attached hydrogen (secondary N) is 1. The Labute approximate surface area is 155 Å². The molecule has 0 radical (unpaired) electrons. The molecular weight excluding hydrogens is 356 g/mol. The zero-order valence-corrected chi connectivity index (χ0v) is 16.4. The summed E-state index contributed by atoms with van der Waals surface area (Å²) in [6, 6.07) is 4.58. The lowest BCUT2D eigenvalue weighted by Crippen LogP contribution is -2.31. The van der Waals surface area contributed by atoms with Crippen LogP contribution in [-0.4, -0.2) is 49.3 Å². The molecule has 1 rings (SSSR count). The third-order valence-electron chi connectivity index (χ3n) is 4.15. The van der Waals surface area contributed by atoms with Gasteiger partial charge in [0.15, 0.2) is 0 Å². The summed E-state index contributed by atoms with van der Waals surface area (Å²) in [5, 5.41) is 11.4. The fourth-order valence-corrected chi connectivity index (χ4v) is 4.08. The molecule has 0 bridgehead atoms. The van der Waals surface area contributed by atoms with Gasteiger partial charge in [-0.3, -0.25) is 9.59 Å². The first-order valence-electron chi connectivity index (χ1n) is 8.84. The van der Waals surface area contributed by atoms with Gasteiger partial charge in [0, 0.05) is 31.6 Å². The van der Waals surface area contributed by atoms with Gasteiger partial charge < -0.3 is 10.4 Å². The SMILES string of the molecule is CCN(CC)S(=O)(=O)c1ccc(C)c(C(=O)NCCCCCC(=O)O)c1. The number of carboxylic acid groups (broad SMARTS) is 1. The molecule has 0 heterocycles. The Morgan fingerprint density at radius 1 is 1.12 bits per heavy atom. The van der Waals surface area contributed by atoms with Crippen molar-refractivity contribution in [2.75, 3.05) is 19.6 Å². The summed E-state index contributed by atoms with van der Waals surface area (Å²) in [5.74, 6) is -1.15. The molecule has 0 saturated heterocycles. The van der Waals surface area contributed by atoms with E-state index in [-0.39, 0.29) is 17.2 Å². The smallest absolute Gasteiger partial charge is 0.303 e. The van der Waals surface area contributed by atoms with E-state index in [0.29, 0.717) is 50.0 Å². The summed E-state index contributed by atoms with van der Waals surface area (Å²) < 4.78 is 26.6. The van der Waals surface area contributed by atoms with Crippen molar-refractivity contribution in [3.63, 3.8) is 0 Å². The second kappa shape index (κ2) is 10.3. The average Bonchev–Trinajstić information content (AvgIpc) is 2.58. The number of aryl methyl sites for hydroxylation is 1. The Bertz CT molecular complexity index is 727. The Kier molecular flexibility index (Phi) is 8.74. The standard InChI is InChI=1S/C18H28N2O5S/c1-4-20(5-2)26(24,25)15-11-10-14(3)16(13-15)18(23)19-12-8-6-7-9-17(21)22/h10-11,13H,4-9,12H2,1-3H3,(H,19,23)(H,21,22). The number of unbranched alkanes of at least 4 members (excludes halogenated alkanes) is 2. The molecule has 0 unspecified atom stereocenters. The highest BCUT2D eigenvalue weighted by Gasteiger charge is 2.23. The highest BCUT2D eigenvalue weighted by molar-refractivity contribution is 7.89. The van der Waals surface area contributed by atoms with E-state index in [1.54, 1.807) is 26.8 Å². The fraction of sp³-hybridized carbons (Fsp3) is 0.556. The third-order valence-corrected chi connectivity index (χ3v) is 6.20. The number of hydrogen-bond acceptors (Lipinski definition) is 4. The van der Waals surface area contributed by atoms with Crippen LogP contribution in [0.15, 0.2) is 23.1 Å². The molecule has 146 valence electrons. The predicted molar refractivity (Wildman–Crippen MR) is 99.7 cm³/mol. The van der Waals surface area contributed by atoms with Crippen molar-refractivity contribution < 1.29 is 23.1 Å². The number of rotatable bonds is 11. The minimum Gasteiger partial charge on any atom is -0.481 e. The van der Waals surface area contributed by atoms with Crippen molar-refractivity contribution in [3.8, 4) is 0 Å². The molecule has 0 aliphatic heterocycles. The zero-order chi connectivity index (χ0) is 19.7. The molecule has 26 heavy (non-hydrogen) atoms. The Morgan fingerprint density at radius 2 is 1.77 bits per heavy atom. The molecule has 0 aliphatic carbocycles. The first kappa shape index (κ1) is 22.1. The van der Waals surface area contributed by atoms with Crippen molar-refractivity contribution >= 4 is 21.9 Å². The quantitative estimate of drug-likeness (QED) is 0.570. The molecule has 1 aromatic carbocycles. The van der Waals surface area contributed by atoms with Gasteiger partial charge in [-0.25, -0.2) is 8.42 Å². The Balaban J connectivity index is 2.78. The highest BCUT2D eigenvalue weighted by atomic mass is 32.2.